The van der Waals surface area contributed by atoms with Crippen LogP contribution in [-0.4, -0.2) is 24.2 Å². The Bertz CT molecular complexity index is 530. The van der Waals surface area contributed by atoms with Gasteiger partial charge in [0.25, 0.3) is 5.91 Å². The van der Waals surface area contributed by atoms with Gasteiger partial charge in [0.15, 0.2) is 0 Å². The highest BCUT2D eigenvalue weighted by Crippen LogP contribution is 2.17. The van der Waals surface area contributed by atoms with E-state index in [1.165, 1.54) is 0 Å². The van der Waals surface area contributed by atoms with Gasteiger partial charge in [-0.15, -0.1) is 0 Å². The van der Waals surface area contributed by atoms with Gasteiger partial charge in [-0.3, -0.25) is 4.79 Å². The lowest BCUT2D eigenvalue weighted by Crippen LogP contribution is -2.27. The van der Waals surface area contributed by atoms with Crippen molar-refractivity contribution in [1.29, 1.82) is 0 Å². The second-order valence-electron chi connectivity index (χ2n) is 6.11. The van der Waals surface area contributed by atoms with Crippen molar-refractivity contribution in [2.75, 3.05) is 13.2 Å². The van der Waals surface area contributed by atoms with E-state index in [2.05, 4.69) is 37.9 Å². The highest BCUT2D eigenvalue weighted by Gasteiger charge is 2.11. The Kier molecular flexibility index (Phi) is 5.79. The molecule has 0 saturated carbocycles. The Morgan fingerprint density at radius 2 is 2.00 bits per heavy atom. The molecule has 0 fully saturated rings. The van der Waals surface area contributed by atoms with Crippen molar-refractivity contribution in [3.63, 3.8) is 0 Å². The Morgan fingerprint density at radius 1 is 1.30 bits per heavy atom. The molecule has 1 aromatic carbocycles. The summed E-state index contributed by atoms with van der Waals surface area (Å²) < 4.78 is 0. The van der Waals surface area contributed by atoms with E-state index in [0.29, 0.717) is 12.1 Å². The first kappa shape index (κ1) is 16.3. The lowest BCUT2D eigenvalue weighted by Gasteiger charge is -2.18. The molecule has 0 bridgehead atoms. The quantitative estimate of drug-likeness (QED) is 0.831. The molecule has 0 atom stereocenters. The molecule has 20 heavy (non-hydrogen) atoms. The SMILES string of the molecule is Cc1cc(C#CCO)cc(C(=O)NCCC(C)(C)C)c1. The lowest BCUT2D eigenvalue weighted by molar-refractivity contribution is 0.0949. The van der Waals surface area contributed by atoms with Gasteiger partial charge in [-0.2, -0.15) is 0 Å². The minimum absolute atomic E-state index is 0.0787. The summed E-state index contributed by atoms with van der Waals surface area (Å²) in [5.41, 5.74) is 2.55. The van der Waals surface area contributed by atoms with Crippen LogP contribution in [-0.2, 0) is 0 Å². The zero-order chi connectivity index (χ0) is 15.2. The number of amides is 1. The van der Waals surface area contributed by atoms with Crippen molar-refractivity contribution < 1.29 is 9.90 Å². The summed E-state index contributed by atoms with van der Waals surface area (Å²) in [7, 11) is 0. The Labute approximate surface area is 121 Å². The van der Waals surface area contributed by atoms with Crippen LogP contribution in [0.5, 0.6) is 0 Å². The maximum Gasteiger partial charge on any atom is 0.251 e. The van der Waals surface area contributed by atoms with E-state index < -0.39 is 0 Å². The maximum absolute atomic E-state index is 12.1. The molecule has 1 rings (SSSR count). The number of rotatable bonds is 3. The number of aliphatic hydroxyl groups is 1. The van der Waals surface area contributed by atoms with Crippen LogP contribution < -0.4 is 5.32 Å². The van der Waals surface area contributed by atoms with Gasteiger partial charge in [-0.25, -0.2) is 0 Å². The first-order valence-corrected chi connectivity index (χ1v) is 6.81. The number of aliphatic hydroxyl groups excluding tert-OH is 1. The van der Waals surface area contributed by atoms with E-state index in [0.717, 1.165) is 17.5 Å². The second kappa shape index (κ2) is 7.12. The molecule has 0 aliphatic carbocycles. The number of carbonyl (C=O) groups excluding carboxylic acids is 1. The van der Waals surface area contributed by atoms with Crippen molar-refractivity contribution in [2.45, 2.75) is 34.1 Å². The summed E-state index contributed by atoms with van der Waals surface area (Å²) in [5, 5.41) is 11.6. The van der Waals surface area contributed by atoms with Crippen LogP contribution in [0.25, 0.3) is 0 Å². The number of hydrogen-bond acceptors (Lipinski definition) is 2. The predicted octanol–water partition coefficient (Wildman–Crippen LogP) is 2.50. The third-order valence-corrected chi connectivity index (χ3v) is 2.81. The third-order valence-electron chi connectivity index (χ3n) is 2.81. The van der Waals surface area contributed by atoms with Crippen LogP contribution in [0.1, 0.15) is 48.7 Å². The van der Waals surface area contributed by atoms with Gasteiger partial charge in [0, 0.05) is 17.7 Å². The molecular weight excluding hydrogens is 250 g/mol. The van der Waals surface area contributed by atoms with Crippen molar-refractivity contribution in [2.24, 2.45) is 5.41 Å². The summed E-state index contributed by atoms with van der Waals surface area (Å²) in [6.45, 7) is 8.85. The molecule has 108 valence electrons. The van der Waals surface area contributed by atoms with Gasteiger partial charge >= 0.3 is 0 Å². The van der Waals surface area contributed by atoms with Gasteiger partial charge in [-0.1, -0.05) is 32.6 Å². The number of benzene rings is 1. The molecule has 0 spiro atoms. The van der Waals surface area contributed by atoms with Gasteiger partial charge < -0.3 is 10.4 Å². The second-order valence-corrected chi connectivity index (χ2v) is 6.11. The van der Waals surface area contributed by atoms with Gasteiger partial charge in [0.05, 0.1) is 0 Å². The molecule has 0 aliphatic heterocycles. The maximum atomic E-state index is 12.1. The summed E-state index contributed by atoms with van der Waals surface area (Å²) in [6.07, 6.45) is 0.932. The zero-order valence-electron chi connectivity index (χ0n) is 12.7. The predicted molar refractivity (Wildman–Crippen MR) is 81.5 cm³/mol. The standard InChI is InChI=1S/C17H23NO2/c1-13-10-14(6-5-9-19)12-15(11-13)16(20)18-8-7-17(2,3)4/h10-12,19H,7-9H2,1-4H3,(H,18,20). The number of carbonyl (C=O) groups is 1. The monoisotopic (exact) mass is 273 g/mol. The molecule has 0 unspecified atom stereocenters. The summed E-state index contributed by atoms with van der Waals surface area (Å²) in [4.78, 5) is 12.1. The Morgan fingerprint density at radius 3 is 2.60 bits per heavy atom. The summed E-state index contributed by atoms with van der Waals surface area (Å²) in [6, 6.07) is 5.49. The van der Waals surface area contributed by atoms with Crippen molar-refractivity contribution in [3.8, 4) is 11.8 Å². The highest BCUT2D eigenvalue weighted by molar-refractivity contribution is 5.94. The molecule has 3 heteroatoms. The van der Waals surface area contributed by atoms with E-state index in [4.69, 9.17) is 5.11 Å². The first-order valence-electron chi connectivity index (χ1n) is 6.81. The largest absolute Gasteiger partial charge is 0.384 e. The number of hydrogen-bond donors (Lipinski definition) is 2. The molecule has 0 saturated heterocycles. The third kappa shape index (κ3) is 5.90. The first-order chi connectivity index (χ1) is 9.31. The molecule has 1 amide bonds. The topological polar surface area (TPSA) is 49.3 Å². The number of nitrogens with one attached hydrogen (secondary N) is 1. The van der Waals surface area contributed by atoms with Crippen molar-refractivity contribution in [3.05, 3.63) is 34.9 Å². The van der Waals surface area contributed by atoms with Gasteiger partial charge in [0.2, 0.25) is 0 Å². The van der Waals surface area contributed by atoms with Crippen LogP contribution in [0.4, 0.5) is 0 Å². The van der Waals surface area contributed by atoms with E-state index in [1.54, 1.807) is 6.07 Å². The highest BCUT2D eigenvalue weighted by atomic mass is 16.2. The van der Waals surface area contributed by atoms with Crippen LogP contribution in [0, 0.1) is 24.2 Å². The normalized spacial score (nSPS) is 10.7. The van der Waals surface area contributed by atoms with Crippen molar-refractivity contribution >= 4 is 5.91 Å². The Balaban J connectivity index is 2.75. The minimum atomic E-state index is -0.180. The van der Waals surface area contributed by atoms with Crippen LogP contribution in [0.2, 0.25) is 0 Å². The molecule has 1 aromatic rings. The van der Waals surface area contributed by atoms with E-state index in [9.17, 15) is 4.79 Å². The molecular formula is C17H23NO2. The molecule has 3 nitrogen and oxygen atoms in total. The van der Waals surface area contributed by atoms with Crippen molar-refractivity contribution in [1.82, 2.24) is 5.32 Å². The molecule has 0 radical (unpaired) electrons. The lowest BCUT2D eigenvalue weighted by atomic mass is 9.92. The fourth-order valence-corrected chi connectivity index (χ4v) is 1.78. The van der Waals surface area contributed by atoms with E-state index in [1.807, 2.05) is 19.1 Å². The number of aryl methyl sites for hydroxylation is 1. The average Bonchev–Trinajstić information content (AvgIpc) is 2.34. The fraction of sp³-hybridized carbons (Fsp3) is 0.471. The molecule has 0 heterocycles. The van der Waals surface area contributed by atoms with Crippen LogP contribution in [0.15, 0.2) is 18.2 Å². The fourth-order valence-electron chi connectivity index (χ4n) is 1.78. The summed E-state index contributed by atoms with van der Waals surface area (Å²) >= 11 is 0. The molecule has 0 aromatic heterocycles. The van der Waals surface area contributed by atoms with Crippen LogP contribution >= 0.6 is 0 Å². The van der Waals surface area contributed by atoms with Gasteiger partial charge in [0.1, 0.15) is 6.61 Å². The minimum Gasteiger partial charge on any atom is -0.384 e. The molecule has 2 N–H and O–H groups in total. The van der Waals surface area contributed by atoms with Crippen LogP contribution in [0.3, 0.4) is 0 Å². The zero-order valence-corrected chi connectivity index (χ0v) is 12.7. The van der Waals surface area contributed by atoms with Gasteiger partial charge in [-0.05, 0) is 42.5 Å². The van der Waals surface area contributed by atoms with E-state index in [-0.39, 0.29) is 17.9 Å². The van der Waals surface area contributed by atoms with E-state index >= 15 is 0 Å². The summed E-state index contributed by atoms with van der Waals surface area (Å²) in [5.74, 6) is 5.35. The Hall–Kier alpha value is -1.79. The average molecular weight is 273 g/mol. The smallest absolute Gasteiger partial charge is 0.251 e. The molecule has 0 aliphatic rings.